The van der Waals surface area contributed by atoms with Crippen molar-refractivity contribution in [3.8, 4) is 5.75 Å². The third-order valence-electron chi connectivity index (χ3n) is 5.35. The van der Waals surface area contributed by atoms with Gasteiger partial charge in [-0.3, -0.25) is 4.90 Å². The minimum Gasteiger partial charge on any atom is -0.492 e. The van der Waals surface area contributed by atoms with Gasteiger partial charge in [0.15, 0.2) is 0 Å². The Hall–Kier alpha value is -0.810. The van der Waals surface area contributed by atoms with Crippen molar-refractivity contribution in [2.24, 2.45) is 0 Å². The van der Waals surface area contributed by atoms with Gasteiger partial charge in [-0.25, -0.2) is 0 Å². The van der Waals surface area contributed by atoms with Gasteiger partial charge in [0.25, 0.3) is 0 Å². The van der Waals surface area contributed by atoms with Crippen LogP contribution in [0.25, 0.3) is 0 Å². The van der Waals surface area contributed by atoms with Gasteiger partial charge in [-0.15, -0.1) is 0 Å². The maximum Gasteiger partial charge on any atom is 0.137 e. The van der Waals surface area contributed by atoms with Crippen molar-refractivity contribution in [1.29, 1.82) is 0 Å². The average Bonchev–Trinajstić information content (AvgIpc) is 2.89. The van der Waals surface area contributed by atoms with Crippen molar-refractivity contribution in [3.05, 3.63) is 28.8 Å². The SMILES string of the molecule is CCOc1ccc(CN2CC[C@]3(OC)CC[C@@H](O)C[C@H]23)cc1Cl. The van der Waals surface area contributed by atoms with E-state index in [1.165, 1.54) is 5.56 Å². The van der Waals surface area contributed by atoms with Gasteiger partial charge in [-0.2, -0.15) is 0 Å². The van der Waals surface area contributed by atoms with E-state index < -0.39 is 0 Å². The Morgan fingerprint density at radius 1 is 1.39 bits per heavy atom. The van der Waals surface area contributed by atoms with Crippen molar-refractivity contribution in [2.75, 3.05) is 20.3 Å². The summed E-state index contributed by atoms with van der Waals surface area (Å²) in [5.74, 6) is 0.735. The number of nitrogens with zero attached hydrogens (tertiary/aromatic N) is 1. The molecule has 1 aliphatic heterocycles. The number of ether oxygens (including phenoxy) is 2. The second-order valence-corrected chi connectivity index (χ2v) is 7.04. The number of aliphatic hydroxyl groups excluding tert-OH is 1. The number of hydrogen-bond acceptors (Lipinski definition) is 4. The van der Waals surface area contributed by atoms with E-state index in [0.717, 1.165) is 44.5 Å². The highest BCUT2D eigenvalue weighted by atomic mass is 35.5. The number of rotatable bonds is 5. The van der Waals surface area contributed by atoms with Gasteiger partial charge in [0, 0.05) is 26.2 Å². The molecule has 0 spiro atoms. The summed E-state index contributed by atoms with van der Waals surface area (Å²) in [7, 11) is 1.81. The summed E-state index contributed by atoms with van der Waals surface area (Å²) in [5, 5.41) is 10.7. The van der Waals surface area contributed by atoms with Crippen molar-refractivity contribution >= 4 is 11.6 Å². The first-order chi connectivity index (χ1) is 11.1. The van der Waals surface area contributed by atoms with Gasteiger partial charge in [0.1, 0.15) is 5.75 Å². The highest BCUT2D eigenvalue weighted by molar-refractivity contribution is 6.32. The molecular formula is C18H26ClNO3. The zero-order valence-corrected chi connectivity index (χ0v) is 14.7. The number of halogens is 1. The molecule has 1 saturated carbocycles. The van der Waals surface area contributed by atoms with E-state index >= 15 is 0 Å². The van der Waals surface area contributed by atoms with Gasteiger partial charge in [-0.05, 0) is 50.3 Å². The molecule has 0 radical (unpaired) electrons. The number of methoxy groups -OCH3 is 1. The number of aliphatic hydroxyl groups is 1. The molecule has 2 aliphatic rings. The van der Waals surface area contributed by atoms with Crippen LogP contribution in [-0.4, -0.2) is 48.0 Å². The Morgan fingerprint density at radius 3 is 2.91 bits per heavy atom. The monoisotopic (exact) mass is 339 g/mol. The van der Waals surface area contributed by atoms with E-state index in [1.807, 2.05) is 26.2 Å². The van der Waals surface area contributed by atoms with Gasteiger partial charge in [0.05, 0.1) is 23.3 Å². The summed E-state index contributed by atoms with van der Waals surface area (Å²) in [6.07, 6.45) is 3.39. The van der Waals surface area contributed by atoms with E-state index in [1.54, 1.807) is 0 Å². The van der Waals surface area contributed by atoms with Crippen LogP contribution in [0.15, 0.2) is 18.2 Å². The van der Waals surface area contributed by atoms with Gasteiger partial charge >= 0.3 is 0 Å². The smallest absolute Gasteiger partial charge is 0.137 e. The Kier molecular flexibility index (Phi) is 5.16. The average molecular weight is 340 g/mol. The van der Waals surface area contributed by atoms with Crippen LogP contribution in [0.3, 0.4) is 0 Å². The van der Waals surface area contributed by atoms with E-state index in [-0.39, 0.29) is 17.7 Å². The van der Waals surface area contributed by atoms with Gasteiger partial charge < -0.3 is 14.6 Å². The Labute approximate surface area is 143 Å². The first-order valence-corrected chi connectivity index (χ1v) is 8.84. The topological polar surface area (TPSA) is 41.9 Å². The highest BCUT2D eigenvalue weighted by Crippen LogP contribution is 2.43. The summed E-state index contributed by atoms with van der Waals surface area (Å²) in [6.45, 7) is 4.39. The fourth-order valence-corrected chi connectivity index (χ4v) is 4.37. The fraction of sp³-hybridized carbons (Fsp3) is 0.667. The molecule has 0 bridgehead atoms. The van der Waals surface area contributed by atoms with Gasteiger partial charge in [-0.1, -0.05) is 17.7 Å². The molecule has 5 heteroatoms. The maximum absolute atomic E-state index is 10.1. The minimum absolute atomic E-state index is 0.0890. The highest BCUT2D eigenvalue weighted by Gasteiger charge is 2.50. The van der Waals surface area contributed by atoms with Gasteiger partial charge in [0.2, 0.25) is 0 Å². The first-order valence-electron chi connectivity index (χ1n) is 8.46. The lowest BCUT2D eigenvalue weighted by Crippen LogP contribution is -2.51. The molecule has 23 heavy (non-hydrogen) atoms. The Bertz CT molecular complexity index is 553. The molecule has 4 nitrogen and oxygen atoms in total. The lowest BCUT2D eigenvalue weighted by atomic mass is 9.79. The second kappa shape index (κ2) is 6.98. The zero-order valence-electron chi connectivity index (χ0n) is 13.9. The molecular weight excluding hydrogens is 314 g/mol. The molecule has 128 valence electrons. The van der Waals surface area contributed by atoms with Crippen molar-refractivity contribution in [1.82, 2.24) is 4.90 Å². The summed E-state index contributed by atoms with van der Waals surface area (Å²) in [4.78, 5) is 2.43. The van der Waals surface area contributed by atoms with Crippen LogP contribution in [0.5, 0.6) is 5.75 Å². The van der Waals surface area contributed by atoms with Crippen LogP contribution in [-0.2, 0) is 11.3 Å². The number of fused-ring (bicyclic) bond motifs is 1. The standard InChI is InChI=1S/C18H26ClNO3/c1-3-23-16-5-4-13(10-15(16)19)12-20-9-8-18(22-2)7-6-14(21)11-17(18)20/h4-5,10,14,17,21H,3,6-9,11-12H2,1-2H3/t14-,17+,18-/m1/s1. The summed E-state index contributed by atoms with van der Waals surface area (Å²) < 4.78 is 11.4. The molecule has 1 aliphatic carbocycles. The Morgan fingerprint density at radius 2 is 2.22 bits per heavy atom. The lowest BCUT2D eigenvalue weighted by Gasteiger charge is -2.42. The zero-order chi connectivity index (χ0) is 16.4. The van der Waals surface area contributed by atoms with Crippen molar-refractivity contribution < 1.29 is 14.6 Å². The van der Waals surface area contributed by atoms with Crippen LogP contribution in [0.2, 0.25) is 5.02 Å². The summed E-state index contributed by atoms with van der Waals surface area (Å²) >= 11 is 6.30. The molecule has 2 fully saturated rings. The van der Waals surface area contributed by atoms with Crippen molar-refractivity contribution in [3.63, 3.8) is 0 Å². The molecule has 1 aromatic carbocycles. The van der Waals surface area contributed by atoms with Crippen LogP contribution >= 0.6 is 11.6 Å². The van der Waals surface area contributed by atoms with Crippen LogP contribution in [0, 0.1) is 0 Å². The van der Waals surface area contributed by atoms with Crippen LogP contribution < -0.4 is 4.74 Å². The lowest BCUT2D eigenvalue weighted by molar-refractivity contribution is -0.0879. The largest absolute Gasteiger partial charge is 0.492 e. The first kappa shape index (κ1) is 17.0. The molecule has 1 heterocycles. The summed E-state index contributed by atoms with van der Waals surface area (Å²) in [6, 6.07) is 6.28. The third-order valence-corrected chi connectivity index (χ3v) is 5.65. The molecule has 0 aromatic heterocycles. The molecule has 3 atom stereocenters. The van der Waals surface area contributed by atoms with Crippen LogP contribution in [0.4, 0.5) is 0 Å². The minimum atomic E-state index is -0.215. The number of benzene rings is 1. The fourth-order valence-electron chi connectivity index (χ4n) is 4.11. The molecule has 0 unspecified atom stereocenters. The number of likely N-dealkylation sites (tertiary alicyclic amines) is 1. The normalized spacial score (nSPS) is 31.1. The molecule has 1 N–H and O–H groups in total. The van der Waals surface area contributed by atoms with Crippen molar-refractivity contribution in [2.45, 2.75) is 56.9 Å². The molecule has 1 saturated heterocycles. The van der Waals surface area contributed by atoms with E-state index in [9.17, 15) is 5.11 Å². The predicted molar refractivity (Wildman–Crippen MR) is 91.0 cm³/mol. The summed E-state index contributed by atoms with van der Waals surface area (Å²) in [5.41, 5.74) is 1.08. The quantitative estimate of drug-likeness (QED) is 0.894. The maximum atomic E-state index is 10.1. The van der Waals surface area contributed by atoms with Crippen LogP contribution in [0.1, 0.15) is 38.2 Å². The molecule has 0 amide bonds. The second-order valence-electron chi connectivity index (χ2n) is 6.63. The van der Waals surface area contributed by atoms with E-state index in [0.29, 0.717) is 11.6 Å². The molecule has 1 aromatic rings. The molecule has 3 rings (SSSR count). The number of hydrogen-bond donors (Lipinski definition) is 1. The predicted octanol–water partition coefficient (Wildman–Crippen LogP) is 3.24. The van der Waals surface area contributed by atoms with E-state index in [2.05, 4.69) is 11.0 Å². The van der Waals surface area contributed by atoms with E-state index in [4.69, 9.17) is 21.1 Å². The Balaban J connectivity index is 1.74. The third kappa shape index (κ3) is 3.36.